The van der Waals surface area contributed by atoms with Gasteiger partial charge in [-0.15, -0.1) is 4.99 Å². The molecule has 0 spiro atoms. The van der Waals surface area contributed by atoms with E-state index < -0.39 is 18.1 Å². The summed E-state index contributed by atoms with van der Waals surface area (Å²) in [5.74, 6) is 0.526. The number of carbonyl (C=O) groups is 2. The van der Waals surface area contributed by atoms with Gasteiger partial charge in [-0.25, -0.2) is 4.79 Å². The van der Waals surface area contributed by atoms with Gasteiger partial charge in [0.1, 0.15) is 12.4 Å². The third-order valence-electron chi connectivity index (χ3n) is 3.95. The summed E-state index contributed by atoms with van der Waals surface area (Å²) in [7, 11) is 3.01. The quantitative estimate of drug-likeness (QED) is 0.152. The van der Waals surface area contributed by atoms with Crippen LogP contribution in [0.1, 0.15) is 22.0 Å². The number of nitrogens with two attached hydrogens (primary N) is 3. The lowest BCUT2D eigenvalue weighted by molar-refractivity contribution is 0.0955. The van der Waals surface area contributed by atoms with Crippen molar-refractivity contribution in [3.8, 4) is 0 Å². The van der Waals surface area contributed by atoms with E-state index in [2.05, 4.69) is 20.3 Å². The molecule has 2 rings (SSSR count). The fourth-order valence-electron chi connectivity index (χ4n) is 2.36. The first kappa shape index (κ1) is 27.7. The molecule has 0 aliphatic carbocycles. The molecule has 0 bridgehead atoms. The van der Waals surface area contributed by atoms with Crippen LogP contribution in [0.2, 0.25) is 10.0 Å². The first-order valence-corrected chi connectivity index (χ1v) is 13.0. The van der Waals surface area contributed by atoms with Crippen LogP contribution in [-0.2, 0) is 4.74 Å². The molecule has 2 amide bonds. The molecule has 1 unspecified atom stereocenters. The van der Waals surface area contributed by atoms with Crippen molar-refractivity contribution in [1.29, 1.82) is 0 Å². The van der Waals surface area contributed by atoms with Crippen molar-refractivity contribution in [2.45, 2.75) is 6.04 Å². The van der Waals surface area contributed by atoms with Gasteiger partial charge in [0.25, 0.3) is 5.91 Å². The summed E-state index contributed by atoms with van der Waals surface area (Å²) in [5.41, 5.74) is 18.5. The Hall–Kier alpha value is -2.51. The number of benzene rings is 1. The third kappa shape index (κ3) is 9.39. The van der Waals surface area contributed by atoms with Gasteiger partial charge in [-0.1, -0.05) is 56.9 Å². The summed E-state index contributed by atoms with van der Waals surface area (Å²) < 4.78 is 4.98. The minimum atomic E-state index is -0.905. The second kappa shape index (κ2) is 14.7. The second-order valence-electron chi connectivity index (χ2n) is 6.38. The van der Waals surface area contributed by atoms with E-state index >= 15 is 0 Å². The predicted molar refractivity (Wildman–Crippen MR) is 139 cm³/mol. The summed E-state index contributed by atoms with van der Waals surface area (Å²) in [6.07, 6.45) is 2.20. The molecule has 182 valence electrons. The minimum absolute atomic E-state index is 0.0965. The Balaban J connectivity index is 1.65. The molecular formula is C20H23Cl2N7O3S2. The Morgan fingerprint density at radius 3 is 2.62 bits per heavy atom. The summed E-state index contributed by atoms with van der Waals surface area (Å²) in [6, 6.07) is 7.42. The van der Waals surface area contributed by atoms with Gasteiger partial charge < -0.3 is 27.3 Å². The van der Waals surface area contributed by atoms with Crippen molar-refractivity contribution in [1.82, 2.24) is 10.3 Å². The molecule has 0 fully saturated rings. The Morgan fingerprint density at radius 1 is 1.12 bits per heavy atom. The zero-order chi connectivity index (χ0) is 24.9. The van der Waals surface area contributed by atoms with Gasteiger partial charge in [0.05, 0.1) is 21.7 Å². The zero-order valence-corrected chi connectivity index (χ0v) is 21.0. The maximum atomic E-state index is 11.9. The number of nitrogens with zero attached hydrogens (tertiary/aromatic N) is 3. The highest BCUT2D eigenvalue weighted by Gasteiger charge is 2.16. The number of hydrogen-bond donors (Lipinski definition) is 4. The van der Waals surface area contributed by atoms with Crippen LogP contribution in [0.15, 0.2) is 52.7 Å². The largest absolute Gasteiger partial charge is 0.447 e. The molecule has 14 heteroatoms. The SMILES string of the molecule is NC(=NC(=O)OCCSSCCNC(=O)c1cccnc1)N=C(N)C(N)c1cccc(Cl)c1Cl. The smallest absolute Gasteiger partial charge is 0.436 e. The van der Waals surface area contributed by atoms with E-state index in [1.165, 1.54) is 27.8 Å². The van der Waals surface area contributed by atoms with Gasteiger partial charge in [0, 0.05) is 30.4 Å². The fourth-order valence-corrected chi connectivity index (χ4v) is 4.52. The van der Waals surface area contributed by atoms with Gasteiger partial charge in [0.15, 0.2) is 0 Å². The number of pyridine rings is 1. The van der Waals surface area contributed by atoms with E-state index in [0.717, 1.165) is 0 Å². The molecule has 0 radical (unpaired) electrons. The van der Waals surface area contributed by atoms with E-state index in [4.69, 9.17) is 45.1 Å². The Morgan fingerprint density at radius 2 is 1.88 bits per heavy atom. The van der Waals surface area contributed by atoms with Crippen molar-refractivity contribution in [2.24, 2.45) is 27.2 Å². The van der Waals surface area contributed by atoms with Crippen molar-refractivity contribution >= 4 is 68.6 Å². The van der Waals surface area contributed by atoms with E-state index in [0.29, 0.717) is 34.2 Å². The first-order valence-electron chi connectivity index (χ1n) is 9.76. The lowest BCUT2D eigenvalue weighted by Gasteiger charge is -2.13. The summed E-state index contributed by atoms with van der Waals surface area (Å²) in [5, 5.41) is 3.36. The number of amides is 2. The number of halogens is 2. The minimum Gasteiger partial charge on any atom is -0.447 e. The molecular weight excluding hydrogens is 521 g/mol. The number of nitrogens with one attached hydrogen (secondary N) is 1. The topological polar surface area (TPSA) is 171 Å². The second-order valence-corrected chi connectivity index (χ2v) is 9.87. The summed E-state index contributed by atoms with van der Waals surface area (Å²) >= 11 is 12.1. The molecule has 34 heavy (non-hydrogen) atoms. The van der Waals surface area contributed by atoms with Crippen LogP contribution in [0.25, 0.3) is 0 Å². The van der Waals surface area contributed by atoms with Crippen molar-refractivity contribution in [3.05, 3.63) is 63.9 Å². The Kier molecular flexibility index (Phi) is 12.0. The highest BCUT2D eigenvalue weighted by Crippen LogP contribution is 2.29. The Bertz CT molecular complexity index is 1040. The number of aliphatic imine (C=N–C) groups is 2. The maximum Gasteiger partial charge on any atom is 0.436 e. The number of carbonyl (C=O) groups excluding carboxylic acids is 2. The zero-order valence-electron chi connectivity index (χ0n) is 17.8. The monoisotopic (exact) mass is 543 g/mol. The number of hydrogen-bond acceptors (Lipinski definition) is 7. The first-order chi connectivity index (χ1) is 16.3. The molecule has 7 N–H and O–H groups in total. The van der Waals surface area contributed by atoms with E-state index in [-0.39, 0.29) is 23.4 Å². The Labute approximate surface area is 214 Å². The molecule has 0 saturated heterocycles. The van der Waals surface area contributed by atoms with E-state index in [9.17, 15) is 9.59 Å². The highest BCUT2D eigenvalue weighted by atomic mass is 35.5. The lowest BCUT2D eigenvalue weighted by Crippen LogP contribution is -2.31. The fraction of sp³-hybridized carbons (Fsp3) is 0.250. The highest BCUT2D eigenvalue weighted by molar-refractivity contribution is 8.76. The van der Waals surface area contributed by atoms with E-state index in [1.807, 2.05) is 0 Å². The van der Waals surface area contributed by atoms with Gasteiger partial charge >= 0.3 is 6.09 Å². The van der Waals surface area contributed by atoms with Gasteiger partial charge in [-0.2, -0.15) is 4.99 Å². The predicted octanol–water partition coefficient (Wildman–Crippen LogP) is 3.01. The van der Waals surface area contributed by atoms with Crippen molar-refractivity contribution in [2.75, 3.05) is 24.7 Å². The molecule has 10 nitrogen and oxygen atoms in total. The summed E-state index contributed by atoms with van der Waals surface area (Å²) in [6.45, 7) is 0.611. The molecule has 1 heterocycles. The maximum absolute atomic E-state index is 11.9. The van der Waals surface area contributed by atoms with Crippen LogP contribution in [-0.4, -0.2) is 53.4 Å². The number of ether oxygens (including phenoxy) is 1. The average Bonchev–Trinajstić information content (AvgIpc) is 2.82. The van der Waals surface area contributed by atoms with Gasteiger partial charge in [-0.05, 0) is 23.8 Å². The van der Waals surface area contributed by atoms with Gasteiger partial charge in [-0.3, -0.25) is 9.78 Å². The van der Waals surface area contributed by atoms with E-state index in [1.54, 1.807) is 36.5 Å². The van der Waals surface area contributed by atoms with Crippen molar-refractivity contribution < 1.29 is 14.3 Å². The lowest BCUT2D eigenvalue weighted by atomic mass is 10.1. The average molecular weight is 544 g/mol. The van der Waals surface area contributed by atoms with Crippen LogP contribution >= 0.6 is 44.8 Å². The summed E-state index contributed by atoms with van der Waals surface area (Å²) in [4.78, 5) is 34.9. The number of amidine groups is 1. The molecule has 0 saturated carbocycles. The van der Waals surface area contributed by atoms with Crippen LogP contribution < -0.4 is 22.5 Å². The number of rotatable bonds is 10. The molecule has 1 aromatic carbocycles. The van der Waals surface area contributed by atoms with Gasteiger partial charge in [0.2, 0.25) is 5.96 Å². The van der Waals surface area contributed by atoms with Crippen molar-refractivity contribution in [3.63, 3.8) is 0 Å². The standard InChI is InChI=1S/C20H23Cl2N7O3S2/c21-14-5-1-4-13(15(14)22)16(23)17(24)28-19(25)29-20(31)32-8-10-34-33-9-7-27-18(30)12-3-2-6-26-11-12/h1-6,11,16H,7-10,23H2,(H,27,30)(H4,24,25,28,29,31). The van der Waals surface area contributed by atoms with Crippen LogP contribution in [0, 0.1) is 0 Å². The molecule has 2 aromatic rings. The molecule has 1 atom stereocenters. The third-order valence-corrected chi connectivity index (χ3v) is 7.16. The molecule has 1 aromatic heterocycles. The molecule has 0 aliphatic rings. The number of guanidine groups is 1. The normalized spacial score (nSPS) is 12.8. The molecule has 0 aliphatic heterocycles. The van der Waals surface area contributed by atoms with Crippen LogP contribution in [0.5, 0.6) is 0 Å². The van der Waals surface area contributed by atoms with Crippen LogP contribution in [0.3, 0.4) is 0 Å². The van der Waals surface area contributed by atoms with Crippen LogP contribution in [0.4, 0.5) is 4.79 Å². The number of aromatic nitrogens is 1.